The van der Waals surface area contributed by atoms with Gasteiger partial charge < -0.3 is 9.79 Å². The monoisotopic (exact) mass is 184 g/mol. The fraction of sp³-hybridized carbons (Fsp3) is 0.667. The summed E-state index contributed by atoms with van der Waals surface area (Å²) in [6.07, 6.45) is -0.595. The number of hydrogen-bond acceptors (Lipinski definition) is 3. The van der Waals surface area contributed by atoms with E-state index < -0.39 is 13.9 Å². The maximum absolute atomic E-state index is 10.2. The van der Waals surface area contributed by atoms with Gasteiger partial charge in [-0.2, -0.15) is 9.68 Å². The number of nitrogens with zero attached hydrogens (tertiary/aromatic N) is 2. The molecule has 0 aliphatic heterocycles. The first-order valence-electron chi connectivity index (χ1n) is 2.28. The van der Waals surface area contributed by atoms with E-state index in [1.807, 2.05) is 0 Å². The summed E-state index contributed by atoms with van der Waals surface area (Å²) in [6, 6.07) is 1.64. The number of halogens is 1. The Bertz CT molecular complexity index is 185. The van der Waals surface area contributed by atoms with Crippen molar-refractivity contribution in [3.63, 3.8) is 0 Å². The van der Waals surface area contributed by atoms with E-state index >= 15 is 0 Å². The molecule has 0 aliphatic carbocycles. The quantitative estimate of drug-likeness (QED) is 0.369. The molecule has 0 saturated heterocycles. The first kappa shape index (κ1) is 9.89. The lowest BCUT2D eigenvalue weighted by molar-refractivity contribution is 0.354. The molecule has 5 nitrogen and oxygen atoms in total. The fourth-order valence-electron chi connectivity index (χ4n) is 0.327. The lowest BCUT2D eigenvalue weighted by atomic mass is 10.7. The second kappa shape index (κ2) is 3.91. The zero-order valence-electron chi connectivity index (χ0n) is 4.94. The number of nitriles is 1. The maximum atomic E-state index is 10.2. The Morgan fingerprint density at radius 2 is 2.20 bits per heavy atom. The van der Waals surface area contributed by atoms with Crippen molar-refractivity contribution in [3.05, 3.63) is 0 Å². The predicted molar refractivity (Wildman–Crippen MR) is 35.1 cm³/mol. The molecule has 0 aromatic carbocycles. The van der Waals surface area contributed by atoms with Crippen LogP contribution in [0.15, 0.2) is 0 Å². The molecule has 0 aromatic rings. The first-order valence-corrected chi connectivity index (χ1v) is 4.41. The Balaban J connectivity index is 3.71. The number of rotatable bonds is 3. The van der Waals surface area contributed by atoms with Gasteiger partial charge in [-0.15, -0.1) is 0 Å². The number of hydrogen-bond donors (Lipinski definition) is 2. The molecule has 0 amide bonds. The molecular weight excluding hydrogens is 178 g/mol. The molecule has 10 heavy (non-hydrogen) atoms. The Morgan fingerprint density at radius 1 is 1.70 bits per heavy atom. The van der Waals surface area contributed by atoms with Crippen molar-refractivity contribution in [3.8, 4) is 6.07 Å². The summed E-state index contributed by atoms with van der Waals surface area (Å²) in [5.74, 6) is 0. The maximum Gasteiger partial charge on any atom is 0.340 e. The molecule has 0 heterocycles. The van der Waals surface area contributed by atoms with E-state index in [0.717, 1.165) is 4.42 Å². The Labute approximate surface area is 63.1 Å². The third kappa shape index (κ3) is 6.02. The van der Waals surface area contributed by atoms with Gasteiger partial charge in [0.25, 0.3) is 0 Å². The zero-order chi connectivity index (χ0) is 8.20. The lowest BCUT2D eigenvalue weighted by Crippen LogP contribution is -2.13. The van der Waals surface area contributed by atoms with Crippen LogP contribution in [0.2, 0.25) is 0 Å². The fourth-order valence-corrected chi connectivity index (χ4v) is 1.30. The topological polar surface area (TPSA) is 84.6 Å². The highest BCUT2D eigenvalue weighted by Gasteiger charge is 2.16. The Hall–Kier alpha value is -0.110. The van der Waals surface area contributed by atoms with Crippen LogP contribution in [0.25, 0.3) is 0 Å². The average Bonchev–Trinajstić information content (AvgIpc) is 1.59. The van der Waals surface area contributed by atoms with Gasteiger partial charge in [0.05, 0.1) is 6.07 Å². The van der Waals surface area contributed by atoms with Gasteiger partial charge in [-0.05, 0) is 11.8 Å². The first-order chi connectivity index (χ1) is 4.45. The Morgan fingerprint density at radius 3 is 2.50 bits per heavy atom. The van der Waals surface area contributed by atoms with E-state index in [4.69, 9.17) is 26.8 Å². The van der Waals surface area contributed by atoms with Gasteiger partial charge in [-0.25, -0.2) is 0 Å². The van der Waals surface area contributed by atoms with Crippen LogP contribution in [0.4, 0.5) is 0 Å². The molecule has 0 atom stereocenters. The summed E-state index contributed by atoms with van der Waals surface area (Å²) in [6.45, 7) is -0.202. The second-order valence-corrected chi connectivity index (χ2v) is 3.68. The largest absolute Gasteiger partial charge is 0.340 e. The van der Waals surface area contributed by atoms with Crippen molar-refractivity contribution in [2.75, 3.05) is 12.8 Å². The standard InChI is InChI=1S/C3H6ClN2O3P/c4-6(2-1-5)3-10(7,8)9/h2-3H2,(H2,7,8,9). The van der Waals surface area contributed by atoms with Crippen molar-refractivity contribution < 1.29 is 14.4 Å². The predicted octanol–water partition coefficient (Wildman–Crippen LogP) is 0.101. The molecule has 0 bridgehead atoms. The molecule has 0 spiro atoms. The van der Waals surface area contributed by atoms with Crippen molar-refractivity contribution in [2.24, 2.45) is 0 Å². The van der Waals surface area contributed by atoms with Crippen LogP contribution in [0.1, 0.15) is 0 Å². The van der Waals surface area contributed by atoms with Gasteiger partial charge in [0, 0.05) is 0 Å². The molecule has 2 N–H and O–H groups in total. The molecular formula is C3H6ClN2O3P. The summed E-state index contributed by atoms with van der Waals surface area (Å²) < 4.78 is 10.9. The summed E-state index contributed by atoms with van der Waals surface area (Å²) >= 11 is 5.18. The highest BCUT2D eigenvalue weighted by atomic mass is 35.5. The molecule has 0 fully saturated rings. The average molecular weight is 185 g/mol. The molecule has 0 saturated carbocycles. The van der Waals surface area contributed by atoms with Gasteiger partial charge in [-0.3, -0.25) is 4.57 Å². The minimum Gasteiger partial charge on any atom is -0.323 e. The van der Waals surface area contributed by atoms with Crippen LogP contribution < -0.4 is 0 Å². The third-order valence-electron chi connectivity index (χ3n) is 0.580. The smallest absolute Gasteiger partial charge is 0.323 e. The van der Waals surface area contributed by atoms with Crippen LogP contribution in [-0.4, -0.2) is 27.0 Å². The molecule has 0 aromatic heterocycles. The second-order valence-electron chi connectivity index (χ2n) is 1.58. The summed E-state index contributed by atoms with van der Waals surface area (Å²) in [5.41, 5.74) is 0. The van der Waals surface area contributed by atoms with Gasteiger partial charge in [-0.1, -0.05) is 0 Å². The van der Waals surface area contributed by atoms with Gasteiger partial charge in [0.2, 0.25) is 0 Å². The van der Waals surface area contributed by atoms with Crippen LogP contribution in [-0.2, 0) is 4.57 Å². The third-order valence-corrected chi connectivity index (χ3v) is 1.70. The van der Waals surface area contributed by atoms with Gasteiger partial charge >= 0.3 is 7.60 Å². The van der Waals surface area contributed by atoms with Crippen molar-refractivity contribution in [1.82, 2.24) is 4.42 Å². The normalized spacial score (nSPS) is 11.5. The molecule has 0 aliphatic rings. The van der Waals surface area contributed by atoms with Gasteiger partial charge in [0.1, 0.15) is 12.8 Å². The zero-order valence-corrected chi connectivity index (χ0v) is 6.59. The molecule has 7 heteroatoms. The van der Waals surface area contributed by atoms with Gasteiger partial charge in [0.15, 0.2) is 0 Å². The van der Waals surface area contributed by atoms with E-state index in [-0.39, 0.29) is 6.54 Å². The minimum atomic E-state index is -4.11. The summed E-state index contributed by atoms with van der Waals surface area (Å²) in [4.78, 5) is 16.6. The molecule has 0 radical (unpaired) electrons. The van der Waals surface area contributed by atoms with E-state index in [0.29, 0.717) is 0 Å². The van der Waals surface area contributed by atoms with E-state index in [1.54, 1.807) is 6.07 Å². The summed E-state index contributed by atoms with van der Waals surface area (Å²) in [7, 11) is -4.11. The van der Waals surface area contributed by atoms with Crippen molar-refractivity contribution >= 4 is 19.4 Å². The lowest BCUT2D eigenvalue weighted by Gasteiger charge is -2.09. The highest BCUT2D eigenvalue weighted by molar-refractivity contribution is 7.51. The van der Waals surface area contributed by atoms with E-state index in [9.17, 15) is 4.57 Å². The summed E-state index contributed by atoms with van der Waals surface area (Å²) in [5, 5.41) is 8.00. The highest BCUT2D eigenvalue weighted by Crippen LogP contribution is 2.35. The Kier molecular flexibility index (Phi) is 3.87. The van der Waals surface area contributed by atoms with Crippen LogP contribution >= 0.6 is 19.4 Å². The minimum absolute atomic E-state index is 0.202. The van der Waals surface area contributed by atoms with Crippen LogP contribution in [0.5, 0.6) is 0 Å². The van der Waals surface area contributed by atoms with Crippen molar-refractivity contribution in [2.45, 2.75) is 0 Å². The van der Waals surface area contributed by atoms with Crippen LogP contribution in [0.3, 0.4) is 0 Å². The SMILES string of the molecule is N#CCN(Cl)CP(=O)(O)O. The van der Waals surface area contributed by atoms with Crippen molar-refractivity contribution in [1.29, 1.82) is 5.26 Å². The van der Waals surface area contributed by atoms with Crippen LogP contribution in [0, 0.1) is 11.3 Å². The molecule has 0 rings (SSSR count). The molecule has 58 valence electrons. The van der Waals surface area contributed by atoms with E-state index in [1.165, 1.54) is 0 Å². The van der Waals surface area contributed by atoms with E-state index in [2.05, 4.69) is 0 Å². The molecule has 0 unspecified atom stereocenters.